The topological polar surface area (TPSA) is 64.6 Å². The number of thiol groups is 1. The molecule has 0 aliphatic heterocycles. The second kappa shape index (κ2) is 7.92. The van der Waals surface area contributed by atoms with Crippen LogP contribution in [-0.2, 0) is 20.9 Å². The van der Waals surface area contributed by atoms with Gasteiger partial charge in [-0.15, -0.1) is 0 Å². The van der Waals surface area contributed by atoms with Crippen molar-refractivity contribution in [3.63, 3.8) is 0 Å². The Morgan fingerprint density at radius 3 is 2.12 bits per heavy atom. The Labute approximate surface area is 149 Å². The number of benzene rings is 1. The van der Waals surface area contributed by atoms with E-state index in [1.165, 1.54) is 0 Å². The molecule has 1 amide bonds. The van der Waals surface area contributed by atoms with Crippen LogP contribution in [0.3, 0.4) is 0 Å². The summed E-state index contributed by atoms with van der Waals surface area (Å²) < 4.78 is 9.72. The second-order valence-corrected chi connectivity index (χ2v) is 8.48. The molecule has 0 saturated carbocycles. The predicted molar refractivity (Wildman–Crippen MR) is 97.2 cm³/mol. The molecule has 0 heterocycles. The normalized spacial score (nSPS) is 13.1. The first-order chi connectivity index (χ1) is 10.9. The van der Waals surface area contributed by atoms with Gasteiger partial charge in [-0.2, -0.15) is 12.6 Å². The van der Waals surface area contributed by atoms with Crippen LogP contribution in [-0.4, -0.2) is 28.5 Å². The van der Waals surface area contributed by atoms with E-state index >= 15 is 0 Å². The van der Waals surface area contributed by atoms with Gasteiger partial charge in [-0.3, -0.25) is 0 Å². The van der Waals surface area contributed by atoms with Crippen molar-refractivity contribution < 1.29 is 19.1 Å². The van der Waals surface area contributed by atoms with Gasteiger partial charge >= 0.3 is 12.1 Å². The number of carbonyl (C=O) groups is 2. The fourth-order valence-electron chi connectivity index (χ4n) is 1.87. The number of alkyl carbamates (subject to hydrolysis) is 1. The lowest BCUT2D eigenvalue weighted by Crippen LogP contribution is -2.53. The van der Waals surface area contributed by atoms with Gasteiger partial charge in [0.15, 0.2) is 0 Å². The van der Waals surface area contributed by atoms with E-state index in [1.807, 2.05) is 31.2 Å². The summed E-state index contributed by atoms with van der Waals surface area (Å²) >= 11 is 4.40. The van der Waals surface area contributed by atoms with Crippen molar-refractivity contribution in [2.75, 3.05) is 0 Å². The number of aryl methyl sites for hydroxylation is 1. The van der Waals surface area contributed by atoms with E-state index in [-0.39, 0.29) is 6.61 Å². The maximum atomic E-state index is 12.4. The van der Waals surface area contributed by atoms with Gasteiger partial charge in [0.1, 0.15) is 18.2 Å². The van der Waals surface area contributed by atoms with E-state index in [9.17, 15) is 9.59 Å². The first-order valence-corrected chi connectivity index (χ1v) is 8.27. The number of hydrogen-bond donors (Lipinski definition) is 2. The van der Waals surface area contributed by atoms with Gasteiger partial charge in [-0.25, -0.2) is 9.59 Å². The lowest BCUT2D eigenvalue weighted by Gasteiger charge is -2.30. The zero-order chi connectivity index (χ0) is 18.5. The van der Waals surface area contributed by atoms with E-state index in [0.29, 0.717) is 0 Å². The lowest BCUT2D eigenvalue weighted by molar-refractivity contribution is -0.148. The van der Waals surface area contributed by atoms with E-state index in [4.69, 9.17) is 9.47 Å². The van der Waals surface area contributed by atoms with Gasteiger partial charge in [-0.05, 0) is 47.1 Å². The summed E-state index contributed by atoms with van der Waals surface area (Å²) in [6, 6.07) is 6.75. The Bertz CT molecular complexity index is 570. The van der Waals surface area contributed by atoms with Crippen LogP contribution in [0.2, 0.25) is 0 Å². The number of esters is 1. The summed E-state index contributed by atoms with van der Waals surface area (Å²) in [5.41, 5.74) is 1.36. The first kappa shape index (κ1) is 20.4. The van der Waals surface area contributed by atoms with Crippen molar-refractivity contribution in [2.24, 2.45) is 0 Å². The van der Waals surface area contributed by atoms with Crippen LogP contribution in [0.1, 0.15) is 45.7 Å². The van der Waals surface area contributed by atoms with Gasteiger partial charge in [0, 0.05) is 4.75 Å². The molecule has 0 unspecified atom stereocenters. The van der Waals surface area contributed by atoms with E-state index in [1.54, 1.807) is 34.6 Å². The molecule has 1 rings (SSSR count). The Kier molecular flexibility index (Phi) is 6.72. The third kappa shape index (κ3) is 7.25. The van der Waals surface area contributed by atoms with E-state index in [0.717, 1.165) is 11.1 Å². The van der Waals surface area contributed by atoms with Crippen molar-refractivity contribution in [3.8, 4) is 0 Å². The third-order valence-corrected chi connectivity index (χ3v) is 3.36. The molecule has 134 valence electrons. The average molecular weight is 353 g/mol. The zero-order valence-electron chi connectivity index (χ0n) is 15.2. The molecule has 0 fully saturated rings. The van der Waals surface area contributed by atoms with Gasteiger partial charge in [0.05, 0.1) is 0 Å². The Morgan fingerprint density at radius 1 is 1.12 bits per heavy atom. The van der Waals surface area contributed by atoms with Crippen LogP contribution < -0.4 is 5.32 Å². The fraction of sp³-hybridized carbons (Fsp3) is 0.556. The van der Waals surface area contributed by atoms with Crippen molar-refractivity contribution in [1.82, 2.24) is 5.32 Å². The second-order valence-electron chi connectivity index (χ2n) is 7.33. The molecule has 0 aliphatic rings. The van der Waals surface area contributed by atoms with Crippen molar-refractivity contribution in [1.29, 1.82) is 0 Å². The van der Waals surface area contributed by atoms with Gasteiger partial charge < -0.3 is 14.8 Å². The monoisotopic (exact) mass is 353 g/mol. The Balaban J connectivity index is 2.72. The minimum atomic E-state index is -0.930. The minimum Gasteiger partial charge on any atom is -0.459 e. The smallest absolute Gasteiger partial charge is 0.408 e. The predicted octanol–water partition coefficient (Wildman–Crippen LogP) is 3.64. The van der Waals surface area contributed by atoms with Crippen molar-refractivity contribution in [3.05, 3.63) is 35.4 Å². The van der Waals surface area contributed by atoms with Gasteiger partial charge in [-0.1, -0.05) is 29.8 Å². The number of rotatable bonds is 5. The van der Waals surface area contributed by atoms with Gasteiger partial charge in [0.2, 0.25) is 0 Å². The fourth-order valence-corrected chi connectivity index (χ4v) is 2.04. The highest BCUT2D eigenvalue weighted by Crippen LogP contribution is 2.20. The Hall–Kier alpha value is -1.69. The quantitative estimate of drug-likeness (QED) is 0.627. The van der Waals surface area contributed by atoms with E-state index < -0.39 is 28.5 Å². The highest BCUT2D eigenvalue weighted by atomic mass is 32.1. The van der Waals surface area contributed by atoms with Crippen LogP contribution in [0, 0.1) is 6.92 Å². The van der Waals surface area contributed by atoms with Crippen LogP contribution >= 0.6 is 12.6 Å². The summed E-state index contributed by atoms with van der Waals surface area (Å²) in [5, 5.41) is 2.55. The number of ether oxygens (including phenoxy) is 2. The summed E-state index contributed by atoms with van der Waals surface area (Å²) in [4.78, 5) is 24.3. The molecule has 1 aromatic carbocycles. The number of hydrogen-bond acceptors (Lipinski definition) is 5. The Morgan fingerprint density at radius 2 is 1.67 bits per heavy atom. The summed E-state index contributed by atoms with van der Waals surface area (Å²) in [6.45, 7) is 10.8. The highest BCUT2D eigenvalue weighted by Gasteiger charge is 2.36. The minimum absolute atomic E-state index is 0.134. The van der Waals surface area contributed by atoms with Crippen LogP contribution in [0.5, 0.6) is 0 Å². The molecule has 0 aromatic heterocycles. The molecule has 5 nitrogen and oxygen atoms in total. The van der Waals surface area contributed by atoms with Crippen LogP contribution in [0.15, 0.2) is 24.3 Å². The zero-order valence-corrected chi connectivity index (χ0v) is 16.1. The number of nitrogens with one attached hydrogen (secondary N) is 1. The molecule has 0 bridgehead atoms. The highest BCUT2D eigenvalue weighted by molar-refractivity contribution is 7.81. The lowest BCUT2D eigenvalue weighted by atomic mass is 10.0. The maximum absolute atomic E-state index is 12.4. The first-order valence-electron chi connectivity index (χ1n) is 7.82. The standard InChI is InChI=1S/C18H27NO4S/c1-12-7-9-13(10-8-12)11-22-15(20)14(18(5,6)24)19-16(21)23-17(2,3)4/h7-10,14,24H,11H2,1-6H3,(H,19,21)/t14-/m0/s1. The van der Waals surface area contributed by atoms with Crippen molar-refractivity contribution in [2.45, 2.75) is 64.5 Å². The molecular formula is C18H27NO4S. The maximum Gasteiger partial charge on any atom is 0.408 e. The molecule has 0 saturated heterocycles. The molecule has 1 aromatic rings. The molecule has 0 spiro atoms. The summed E-state index contributed by atoms with van der Waals surface area (Å²) in [5.74, 6) is -0.554. The van der Waals surface area contributed by atoms with Crippen molar-refractivity contribution >= 4 is 24.7 Å². The van der Waals surface area contributed by atoms with E-state index in [2.05, 4.69) is 17.9 Å². The van der Waals surface area contributed by atoms with Crippen LogP contribution in [0.25, 0.3) is 0 Å². The molecule has 0 aliphatic carbocycles. The molecule has 1 atom stereocenters. The molecule has 0 radical (unpaired) electrons. The number of amides is 1. The SMILES string of the molecule is Cc1ccc(COC(=O)[C@H](NC(=O)OC(C)(C)C)C(C)(C)S)cc1. The summed E-state index contributed by atoms with van der Waals surface area (Å²) in [6.07, 6.45) is -0.679. The third-order valence-electron chi connectivity index (χ3n) is 3.10. The summed E-state index contributed by atoms with van der Waals surface area (Å²) in [7, 11) is 0. The van der Waals surface area contributed by atoms with Gasteiger partial charge in [0.25, 0.3) is 0 Å². The van der Waals surface area contributed by atoms with Crippen LogP contribution in [0.4, 0.5) is 4.79 Å². The molecule has 24 heavy (non-hydrogen) atoms. The average Bonchev–Trinajstić information content (AvgIpc) is 2.40. The number of carbonyl (C=O) groups excluding carboxylic acids is 2. The molecule has 1 N–H and O–H groups in total. The largest absolute Gasteiger partial charge is 0.459 e. The molecular weight excluding hydrogens is 326 g/mol. The molecule has 6 heteroatoms.